The van der Waals surface area contributed by atoms with Gasteiger partial charge in [0.1, 0.15) is 5.82 Å². The molecule has 0 saturated heterocycles. The lowest BCUT2D eigenvalue weighted by atomic mass is 10.1. The molecule has 0 radical (unpaired) electrons. The number of methoxy groups -OCH3 is 1. The molecule has 4 heteroatoms. The summed E-state index contributed by atoms with van der Waals surface area (Å²) in [7, 11) is 1.60. The molecule has 0 aromatic heterocycles. The highest BCUT2D eigenvalue weighted by Gasteiger charge is 2.14. The van der Waals surface area contributed by atoms with Gasteiger partial charge in [0.05, 0.1) is 12.6 Å². The lowest BCUT2D eigenvalue weighted by Gasteiger charge is -2.16. The summed E-state index contributed by atoms with van der Waals surface area (Å²) >= 11 is 0. The second-order valence-corrected chi connectivity index (χ2v) is 3.99. The van der Waals surface area contributed by atoms with E-state index < -0.39 is 0 Å². The largest absolute Gasteiger partial charge is 0.383 e. The predicted octanol–water partition coefficient (Wildman–Crippen LogP) is 2.29. The first kappa shape index (κ1) is 13.6. The normalized spacial score (nSPS) is 12.2. The number of amides is 1. The fraction of sp³-hybridized carbons (Fsp3) is 0.462. The summed E-state index contributed by atoms with van der Waals surface area (Å²) in [6.45, 7) is 4.17. The van der Waals surface area contributed by atoms with Crippen LogP contribution in [0.15, 0.2) is 18.2 Å². The molecule has 3 nitrogen and oxygen atoms in total. The third-order valence-corrected chi connectivity index (χ3v) is 2.63. The van der Waals surface area contributed by atoms with Gasteiger partial charge < -0.3 is 10.1 Å². The highest BCUT2D eigenvalue weighted by molar-refractivity contribution is 5.95. The predicted molar refractivity (Wildman–Crippen MR) is 64.6 cm³/mol. The molecule has 0 aliphatic heterocycles. The second-order valence-electron chi connectivity index (χ2n) is 3.99. The van der Waals surface area contributed by atoms with Gasteiger partial charge >= 0.3 is 0 Å². The Bertz CT molecular complexity index is 393. The van der Waals surface area contributed by atoms with Crippen molar-refractivity contribution < 1.29 is 13.9 Å². The number of ether oxygens (including phenoxy) is 1. The minimum Gasteiger partial charge on any atom is -0.383 e. The molecule has 0 fully saturated rings. The molecule has 1 amide bonds. The van der Waals surface area contributed by atoms with E-state index in [9.17, 15) is 9.18 Å². The maximum absolute atomic E-state index is 12.9. The van der Waals surface area contributed by atoms with Crippen molar-refractivity contribution in [3.63, 3.8) is 0 Å². The van der Waals surface area contributed by atoms with Crippen molar-refractivity contribution >= 4 is 5.91 Å². The molecule has 0 aliphatic rings. The Morgan fingerprint density at radius 2 is 2.24 bits per heavy atom. The summed E-state index contributed by atoms with van der Waals surface area (Å²) in [6.07, 6.45) is 0.791. The highest BCUT2D eigenvalue weighted by Crippen LogP contribution is 2.10. The second kappa shape index (κ2) is 6.35. The Hall–Kier alpha value is -1.42. The number of hydrogen-bond donors (Lipinski definition) is 1. The number of halogens is 1. The minimum absolute atomic E-state index is 0.0167. The number of hydrogen-bond acceptors (Lipinski definition) is 2. The van der Waals surface area contributed by atoms with Gasteiger partial charge in [-0.3, -0.25) is 4.79 Å². The number of carbonyl (C=O) groups is 1. The zero-order chi connectivity index (χ0) is 12.8. The van der Waals surface area contributed by atoms with Crippen LogP contribution in [0.25, 0.3) is 0 Å². The molecule has 1 aromatic carbocycles. The molecular formula is C13H18FNO2. The molecule has 1 rings (SSSR count). The van der Waals surface area contributed by atoms with Gasteiger partial charge in [0.25, 0.3) is 5.91 Å². The van der Waals surface area contributed by atoms with E-state index in [1.54, 1.807) is 14.0 Å². The molecule has 0 saturated carbocycles. The summed E-state index contributed by atoms with van der Waals surface area (Å²) in [4.78, 5) is 11.9. The van der Waals surface area contributed by atoms with Crippen LogP contribution >= 0.6 is 0 Å². The van der Waals surface area contributed by atoms with Crippen LogP contribution in [0.3, 0.4) is 0 Å². The van der Waals surface area contributed by atoms with Gasteiger partial charge in [-0.25, -0.2) is 4.39 Å². The van der Waals surface area contributed by atoms with Crippen molar-refractivity contribution in [2.45, 2.75) is 26.3 Å². The van der Waals surface area contributed by atoms with Gasteiger partial charge in [0.15, 0.2) is 0 Å². The van der Waals surface area contributed by atoms with Crippen molar-refractivity contribution in [3.05, 3.63) is 35.1 Å². The lowest BCUT2D eigenvalue weighted by molar-refractivity contribution is 0.0894. The molecule has 17 heavy (non-hydrogen) atoms. The molecule has 0 aliphatic carbocycles. The van der Waals surface area contributed by atoms with E-state index in [2.05, 4.69) is 5.32 Å². The monoisotopic (exact) mass is 239 g/mol. The van der Waals surface area contributed by atoms with E-state index in [0.717, 1.165) is 6.42 Å². The Labute approximate surface area is 101 Å². The summed E-state index contributed by atoms with van der Waals surface area (Å²) in [6, 6.07) is 4.13. The van der Waals surface area contributed by atoms with Gasteiger partial charge in [-0.1, -0.05) is 6.92 Å². The number of benzene rings is 1. The molecule has 0 spiro atoms. The third-order valence-electron chi connectivity index (χ3n) is 2.63. The Balaban J connectivity index is 2.75. The number of aryl methyl sites for hydroxylation is 1. The molecule has 1 unspecified atom stereocenters. The van der Waals surface area contributed by atoms with Crippen molar-refractivity contribution in [1.29, 1.82) is 0 Å². The Kier molecular flexibility index (Phi) is 5.10. The fourth-order valence-electron chi connectivity index (χ4n) is 1.61. The van der Waals surface area contributed by atoms with E-state index in [0.29, 0.717) is 17.7 Å². The average Bonchev–Trinajstić information content (AvgIpc) is 2.28. The van der Waals surface area contributed by atoms with Gasteiger partial charge in [0, 0.05) is 12.7 Å². The number of rotatable bonds is 5. The Morgan fingerprint density at radius 1 is 1.53 bits per heavy atom. The highest BCUT2D eigenvalue weighted by atomic mass is 19.1. The molecule has 1 atom stereocenters. The van der Waals surface area contributed by atoms with Crippen LogP contribution in [0.2, 0.25) is 0 Å². The molecule has 0 heterocycles. The third kappa shape index (κ3) is 3.82. The fourth-order valence-corrected chi connectivity index (χ4v) is 1.61. The molecule has 0 bridgehead atoms. The van der Waals surface area contributed by atoms with Gasteiger partial charge in [-0.05, 0) is 37.1 Å². The van der Waals surface area contributed by atoms with Crippen LogP contribution in [-0.2, 0) is 4.74 Å². The minimum atomic E-state index is -0.331. The maximum atomic E-state index is 12.9. The molecule has 94 valence electrons. The van der Waals surface area contributed by atoms with Crippen LogP contribution < -0.4 is 5.32 Å². The van der Waals surface area contributed by atoms with E-state index in [1.165, 1.54) is 18.2 Å². The van der Waals surface area contributed by atoms with Crippen LogP contribution in [0, 0.1) is 12.7 Å². The maximum Gasteiger partial charge on any atom is 0.251 e. The van der Waals surface area contributed by atoms with Crippen LogP contribution in [0.1, 0.15) is 29.3 Å². The summed E-state index contributed by atoms with van der Waals surface area (Å²) in [5, 5.41) is 2.86. The van der Waals surface area contributed by atoms with Crippen molar-refractivity contribution in [2.24, 2.45) is 0 Å². The summed E-state index contributed by atoms with van der Waals surface area (Å²) < 4.78 is 17.9. The number of carbonyl (C=O) groups excluding carboxylic acids is 1. The Morgan fingerprint density at radius 3 is 2.76 bits per heavy atom. The van der Waals surface area contributed by atoms with E-state index in [-0.39, 0.29) is 17.8 Å². The standard InChI is InChI=1S/C13H18FNO2/c1-4-11(8-17-3)15-13(16)12-6-5-10(14)7-9(12)2/h5-7,11H,4,8H2,1-3H3,(H,15,16). The quantitative estimate of drug-likeness (QED) is 0.856. The van der Waals surface area contributed by atoms with Crippen molar-refractivity contribution in [1.82, 2.24) is 5.32 Å². The smallest absolute Gasteiger partial charge is 0.251 e. The van der Waals surface area contributed by atoms with E-state index in [4.69, 9.17) is 4.74 Å². The van der Waals surface area contributed by atoms with Crippen molar-refractivity contribution in [3.8, 4) is 0 Å². The molecule has 1 aromatic rings. The topological polar surface area (TPSA) is 38.3 Å². The van der Waals surface area contributed by atoms with Crippen molar-refractivity contribution in [2.75, 3.05) is 13.7 Å². The average molecular weight is 239 g/mol. The van der Waals surface area contributed by atoms with Crippen LogP contribution in [-0.4, -0.2) is 25.7 Å². The van der Waals surface area contributed by atoms with Gasteiger partial charge in [-0.15, -0.1) is 0 Å². The van der Waals surface area contributed by atoms with Gasteiger partial charge in [0.2, 0.25) is 0 Å². The lowest BCUT2D eigenvalue weighted by Crippen LogP contribution is -2.37. The van der Waals surface area contributed by atoms with E-state index in [1.807, 2.05) is 6.92 Å². The summed E-state index contributed by atoms with van der Waals surface area (Å²) in [5.74, 6) is -0.519. The first-order valence-electron chi connectivity index (χ1n) is 5.64. The summed E-state index contributed by atoms with van der Waals surface area (Å²) in [5.41, 5.74) is 1.13. The van der Waals surface area contributed by atoms with Crippen LogP contribution in [0.5, 0.6) is 0 Å². The zero-order valence-corrected chi connectivity index (χ0v) is 10.4. The SMILES string of the molecule is CCC(COC)NC(=O)c1ccc(F)cc1C. The first-order valence-corrected chi connectivity index (χ1v) is 5.64. The first-order chi connectivity index (χ1) is 8.08. The number of nitrogens with one attached hydrogen (secondary N) is 1. The zero-order valence-electron chi connectivity index (χ0n) is 10.4. The van der Waals surface area contributed by atoms with Gasteiger partial charge in [-0.2, -0.15) is 0 Å². The van der Waals surface area contributed by atoms with Crippen LogP contribution in [0.4, 0.5) is 4.39 Å². The molecule has 1 N–H and O–H groups in total. The van der Waals surface area contributed by atoms with E-state index >= 15 is 0 Å². The molecular weight excluding hydrogens is 221 g/mol.